The first-order valence-electron chi connectivity index (χ1n) is 6.87. The molecule has 2 aliphatic rings. The van der Waals surface area contributed by atoms with Crippen LogP contribution in [0.15, 0.2) is 0 Å². The largest absolute Gasteiger partial charge is 0.481 e. The van der Waals surface area contributed by atoms with Crippen LogP contribution in [-0.2, 0) is 11.2 Å². The van der Waals surface area contributed by atoms with Crippen molar-refractivity contribution in [3.05, 3.63) is 15.6 Å². The number of nitrogens with zero attached hydrogens (tertiary/aromatic N) is 1. The third kappa shape index (κ3) is 2.07. The van der Waals surface area contributed by atoms with Gasteiger partial charge in [-0.05, 0) is 38.0 Å². The van der Waals surface area contributed by atoms with Gasteiger partial charge in [0.25, 0.3) is 0 Å². The van der Waals surface area contributed by atoms with E-state index in [2.05, 4.69) is 6.92 Å². The van der Waals surface area contributed by atoms with Crippen molar-refractivity contribution >= 4 is 17.3 Å². The van der Waals surface area contributed by atoms with E-state index in [0.29, 0.717) is 5.92 Å². The minimum absolute atomic E-state index is 0.349. The number of aromatic nitrogens is 1. The smallest absolute Gasteiger partial charge is 0.312 e. The van der Waals surface area contributed by atoms with Gasteiger partial charge in [0, 0.05) is 10.8 Å². The molecule has 1 N–H and O–H groups in total. The van der Waals surface area contributed by atoms with Crippen molar-refractivity contribution < 1.29 is 9.90 Å². The van der Waals surface area contributed by atoms with E-state index in [0.717, 1.165) is 30.9 Å². The molecule has 1 aromatic heterocycles. The molecule has 0 amide bonds. The van der Waals surface area contributed by atoms with Gasteiger partial charge in [0.15, 0.2) is 0 Å². The number of aryl methyl sites for hydroxylation is 1. The summed E-state index contributed by atoms with van der Waals surface area (Å²) < 4.78 is 0. The van der Waals surface area contributed by atoms with Crippen LogP contribution in [0, 0.1) is 5.92 Å². The van der Waals surface area contributed by atoms with Crippen molar-refractivity contribution in [2.75, 3.05) is 0 Å². The molecule has 98 valence electrons. The Morgan fingerprint density at radius 3 is 2.89 bits per heavy atom. The van der Waals surface area contributed by atoms with Crippen molar-refractivity contribution in [3.63, 3.8) is 0 Å². The predicted octanol–water partition coefficient (Wildman–Crippen LogP) is 3.55. The second-order valence-corrected chi connectivity index (χ2v) is 6.87. The van der Waals surface area contributed by atoms with E-state index in [1.807, 2.05) is 0 Å². The molecule has 3 atom stereocenters. The summed E-state index contributed by atoms with van der Waals surface area (Å²) >= 11 is 1.78. The molecule has 0 spiro atoms. The van der Waals surface area contributed by atoms with Crippen molar-refractivity contribution in [1.82, 2.24) is 4.98 Å². The van der Waals surface area contributed by atoms with Crippen molar-refractivity contribution in [2.24, 2.45) is 5.92 Å². The maximum atomic E-state index is 11.3. The van der Waals surface area contributed by atoms with Crippen LogP contribution < -0.4 is 0 Å². The van der Waals surface area contributed by atoms with Gasteiger partial charge in [-0.15, -0.1) is 11.3 Å². The van der Waals surface area contributed by atoms with Crippen LogP contribution in [0.4, 0.5) is 0 Å². The standard InChI is InChI=1S/C14H19NO2S/c1-8-5-6-9(7-8)13-15-12-10(14(16)17)3-2-4-11(12)18-13/h8-10H,2-7H2,1H3,(H,16,17). The third-order valence-corrected chi connectivity index (χ3v) is 5.61. The second-order valence-electron chi connectivity index (χ2n) is 5.76. The molecule has 0 radical (unpaired) electrons. The fraction of sp³-hybridized carbons (Fsp3) is 0.714. The molecule has 4 heteroatoms. The first-order chi connectivity index (χ1) is 8.65. The highest BCUT2D eigenvalue weighted by Crippen LogP contribution is 2.43. The normalized spacial score (nSPS) is 31.3. The quantitative estimate of drug-likeness (QED) is 0.889. The van der Waals surface area contributed by atoms with E-state index < -0.39 is 5.97 Å². The summed E-state index contributed by atoms with van der Waals surface area (Å²) in [6.45, 7) is 2.30. The maximum Gasteiger partial charge on any atom is 0.312 e. The molecule has 18 heavy (non-hydrogen) atoms. The van der Waals surface area contributed by atoms with Crippen LogP contribution in [0.5, 0.6) is 0 Å². The molecule has 1 fully saturated rings. The zero-order valence-electron chi connectivity index (χ0n) is 10.7. The molecule has 0 saturated heterocycles. The maximum absolute atomic E-state index is 11.3. The van der Waals surface area contributed by atoms with Crippen molar-refractivity contribution in [2.45, 2.75) is 57.3 Å². The molecule has 1 aromatic rings. The predicted molar refractivity (Wildman–Crippen MR) is 71.2 cm³/mol. The van der Waals surface area contributed by atoms with E-state index in [1.54, 1.807) is 11.3 Å². The zero-order valence-corrected chi connectivity index (χ0v) is 11.5. The van der Waals surface area contributed by atoms with Gasteiger partial charge in [0.05, 0.1) is 16.6 Å². The van der Waals surface area contributed by atoms with Gasteiger partial charge in [0.2, 0.25) is 0 Å². The van der Waals surface area contributed by atoms with Crippen LogP contribution in [0.25, 0.3) is 0 Å². The number of thiazole rings is 1. The Kier molecular flexibility index (Phi) is 3.14. The van der Waals surface area contributed by atoms with Crippen LogP contribution in [-0.4, -0.2) is 16.1 Å². The lowest BCUT2D eigenvalue weighted by molar-refractivity contribution is -0.139. The van der Waals surface area contributed by atoms with Gasteiger partial charge in [0.1, 0.15) is 0 Å². The van der Waals surface area contributed by atoms with Gasteiger partial charge in [-0.25, -0.2) is 4.98 Å². The average Bonchev–Trinajstić information content (AvgIpc) is 2.93. The van der Waals surface area contributed by atoms with Crippen molar-refractivity contribution in [3.8, 4) is 0 Å². The lowest BCUT2D eigenvalue weighted by atomic mass is 9.91. The molecule has 3 unspecified atom stereocenters. The van der Waals surface area contributed by atoms with E-state index >= 15 is 0 Å². The molecular weight excluding hydrogens is 246 g/mol. The summed E-state index contributed by atoms with van der Waals surface area (Å²) in [5.74, 6) is 0.335. The van der Waals surface area contributed by atoms with E-state index in [1.165, 1.54) is 29.1 Å². The summed E-state index contributed by atoms with van der Waals surface area (Å²) in [7, 11) is 0. The molecule has 3 nitrogen and oxygen atoms in total. The molecule has 1 saturated carbocycles. The Morgan fingerprint density at radius 2 is 2.22 bits per heavy atom. The summed E-state index contributed by atoms with van der Waals surface area (Å²) in [4.78, 5) is 17.2. The lowest BCUT2D eigenvalue weighted by Crippen LogP contribution is -2.17. The minimum atomic E-state index is -0.701. The monoisotopic (exact) mass is 265 g/mol. The minimum Gasteiger partial charge on any atom is -0.481 e. The SMILES string of the molecule is CC1CCC(c2nc3c(s2)CCCC3C(=O)O)C1. The Labute approximate surface area is 111 Å². The van der Waals surface area contributed by atoms with Gasteiger partial charge in [-0.2, -0.15) is 0 Å². The number of fused-ring (bicyclic) bond motifs is 1. The molecule has 0 bridgehead atoms. The summed E-state index contributed by atoms with van der Waals surface area (Å²) in [6, 6.07) is 0. The van der Waals surface area contributed by atoms with Crippen LogP contribution in [0.2, 0.25) is 0 Å². The number of carbonyl (C=O) groups is 1. The number of carboxylic acid groups (broad SMARTS) is 1. The van der Waals surface area contributed by atoms with Gasteiger partial charge in [-0.1, -0.05) is 13.3 Å². The highest BCUT2D eigenvalue weighted by atomic mass is 32.1. The zero-order chi connectivity index (χ0) is 12.7. The summed E-state index contributed by atoms with van der Waals surface area (Å²) in [5, 5.41) is 10.5. The van der Waals surface area contributed by atoms with Crippen LogP contribution in [0.3, 0.4) is 0 Å². The Bertz CT molecular complexity index is 468. The van der Waals surface area contributed by atoms with Crippen LogP contribution in [0.1, 0.15) is 66.4 Å². The highest BCUT2D eigenvalue weighted by molar-refractivity contribution is 7.11. The van der Waals surface area contributed by atoms with Gasteiger partial charge >= 0.3 is 5.97 Å². The van der Waals surface area contributed by atoms with Gasteiger partial charge in [-0.3, -0.25) is 4.79 Å². The topological polar surface area (TPSA) is 50.2 Å². The van der Waals surface area contributed by atoms with Gasteiger partial charge < -0.3 is 5.11 Å². The molecular formula is C14H19NO2S. The number of rotatable bonds is 2. The first-order valence-corrected chi connectivity index (χ1v) is 7.69. The summed E-state index contributed by atoms with van der Waals surface area (Å²) in [6.07, 6.45) is 6.52. The first kappa shape index (κ1) is 12.2. The second kappa shape index (κ2) is 4.65. The number of hydrogen-bond acceptors (Lipinski definition) is 3. The van der Waals surface area contributed by atoms with Crippen molar-refractivity contribution in [1.29, 1.82) is 0 Å². The third-order valence-electron chi connectivity index (χ3n) is 4.31. The molecule has 3 rings (SSSR count). The molecule has 0 aliphatic heterocycles. The lowest BCUT2D eigenvalue weighted by Gasteiger charge is -2.16. The van der Waals surface area contributed by atoms with E-state index in [-0.39, 0.29) is 5.92 Å². The van der Waals surface area contributed by atoms with E-state index in [9.17, 15) is 9.90 Å². The molecule has 1 heterocycles. The number of aliphatic carboxylic acids is 1. The average molecular weight is 265 g/mol. The van der Waals surface area contributed by atoms with E-state index in [4.69, 9.17) is 4.98 Å². The molecule has 2 aliphatic carbocycles. The Balaban J connectivity index is 1.89. The fourth-order valence-corrected chi connectivity index (χ4v) is 4.60. The van der Waals surface area contributed by atoms with Crippen LogP contribution >= 0.6 is 11.3 Å². The summed E-state index contributed by atoms with van der Waals surface area (Å²) in [5.41, 5.74) is 0.883. The Hall–Kier alpha value is -0.900. The highest BCUT2D eigenvalue weighted by Gasteiger charge is 2.32. The number of hydrogen-bond donors (Lipinski definition) is 1. The Morgan fingerprint density at radius 1 is 1.39 bits per heavy atom. The molecule has 0 aromatic carbocycles. The fourth-order valence-electron chi connectivity index (χ4n) is 3.28. The number of carboxylic acids is 1.